The third-order valence-corrected chi connectivity index (χ3v) is 10.2. The number of likely N-dealkylation sites (N-methyl/N-ethyl adjacent to an activating group) is 1. The smallest absolute Gasteiger partial charge is 0.264 e. The van der Waals surface area contributed by atoms with E-state index in [1.165, 1.54) is 24.1 Å². The molecule has 4 aromatic carbocycles. The van der Waals surface area contributed by atoms with Crippen LogP contribution in [0.15, 0.2) is 95.9 Å². The monoisotopic (exact) mass is 671 g/mol. The SMILES string of the molecule is CNC(=O)C(Cc1ccccc1)N(Cc1ccc(Cl)c(Cl)c1)C(=O)CN(c1cccc(Cl)c1C)S(=O)(=O)c1ccc(C)cc1. The summed E-state index contributed by atoms with van der Waals surface area (Å²) in [6.45, 7) is 2.91. The second-order valence-corrected chi connectivity index (χ2v) is 13.4. The van der Waals surface area contributed by atoms with Gasteiger partial charge in [-0.15, -0.1) is 0 Å². The Bertz CT molecular complexity index is 1750. The number of sulfonamides is 1. The van der Waals surface area contributed by atoms with Gasteiger partial charge in [-0.3, -0.25) is 13.9 Å². The summed E-state index contributed by atoms with van der Waals surface area (Å²) in [6, 6.07) is 24.5. The first kappa shape index (κ1) is 33.3. The number of anilines is 1. The molecule has 0 aliphatic heterocycles. The summed E-state index contributed by atoms with van der Waals surface area (Å²) in [5, 5.41) is 3.63. The van der Waals surface area contributed by atoms with Gasteiger partial charge in [0.25, 0.3) is 10.0 Å². The molecule has 44 heavy (non-hydrogen) atoms. The Labute approximate surface area is 273 Å². The lowest BCUT2D eigenvalue weighted by Gasteiger charge is -2.34. The van der Waals surface area contributed by atoms with Crippen molar-refractivity contribution in [3.05, 3.63) is 128 Å². The number of aryl methyl sites for hydroxylation is 1. The lowest BCUT2D eigenvalue weighted by molar-refractivity contribution is -0.139. The van der Waals surface area contributed by atoms with Gasteiger partial charge in [-0.2, -0.15) is 0 Å². The number of carbonyl (C=O) groups excluding carboxylic acids is 2. The third-order valence-electron chi connectivity index (χ3n) is 7.25. The van der Waals surface area contributed by atoms with Crippen LogP contribution >= 0.6 is 34.8 Å². The largest absolute Gasteiger partial charge is 0.357 e. The summed E-state index contributed by atoms with van der Waals surface area (Å²) in [6.07, 6.45) is 0.189. The first-order valence-corrected chi connectivity index (χ1v) is 16.3. The van der Waals surface area contributed by atoms with Gasteiger partial charge in [-0.25, -0.2) is 8.42 Å². The van der Waals surface area contributed by atoms with Crippen LogP contribution in [0.2, 0.25) is 15.1 Å². The predicted molar refractivity (Wildman–Crippen MR) is 177 cm³/mol. The first-order valence-electron chi connectivity index (χ1n) is 13.8. The summed E-state index contributed by atoms with van der Waals surface area (Å²) >= 11 is 18.9. The molecular weight excluding hydrogens is 641 g/mol. The van der Waals surface area contributed by atoms with Crippen molar-refractivity contribution < 1.29 is 18.0 Å². The number of hydrogen-bond acceptors (Lipinski definition) is 4. The third kappa shape index (κ3) is 7.74. The molecule has 0 saturated heterocycles. The Balaban J connectivity index is 1.83. The molecule has 0 radical (unpaired) electrons. The molecule has 1 atom stereocenters. The number of benzene rings is 4. The summed E-state index contributed by atoms with van der Waals surface area (Å²) in [4.78, 5) is 29.2. The molecule has 0 aliphatic rings. The highest BCUT2D eigenvalue weighted by Crippen LogP contribution is 2.32. The lowest BCUT2D eigenvalue weighted by atomic mass is 10.0. The van der Waals surface area contributed by atoms with E-state index in [0.717, 1.165) is 15.4 Å². The highest BCUT2D eigenvalue weighted by molar-refractivity contribution is 7.92. The van der Waals surface area contributed by atoms with Crippen molar-refractivity contribution in [2.45, 2.75) is 37.8 Å². The van der Waals surface area contributed by atoms with E-state index in [-0.39, 0.29) is 28.6 Å². The van der Waals surface area contributed by atoms with Crippen LogP contribution in [0.4, 0.5) is 5.69 Å². The van der Waals surface area contributed by atoms with Crippen LogP contribution in [0.25, 0.3) is 0 Å². The van der Waals surface area contributed by atoms with Crippen molar-refractivity contribution in [3.8, 4) is 0 Å². The van der Waals surface area contributed by atoms with Crippen LogP contribution in [-0.2, 0) is 32.6 Å². The number of nitrogens with one attached hydrogen (secondary N) is 1. The lowest BCUT2D eigenvalue weighted by Crippen LogP contribution is -2.53. The van der Waals surface area contributed by atoms with Crippen molar-refractivity contribution in [2.24, 2.45) is 0 Å². The number of amides is 2. The summed E-state index contributed by atoms with van der Waals surface area (Å²) in [7, 11) is -2.75. The van der Waals surface area contributed by atoms with Crippen molar-refractivity contribution in [1.82, 2.24) is 10.2 Å². The van der Waals surface area contributed by atoms with Gasteiger partial charge >= 0.3 is 0 Å². The molecule has 4 rings (SSSR count). The maximum Gasteiger partial charge on any atom is 0.264 e. The van der Waals surface area contributed by atoms with E-state index in [1.54, 1.807) is 55.5 Å². The fourth-order valence-corrected chi connectivity index (χ4v) is 6.73. The van der Waals surface area contributed by atoms with Gasteiger partial charge in [0.2, 0.25) is 11.8 Å². The normalized spacial score (nSPS) is 12.0. The Morgan fingerprint density at radius 2 is 1.48 bits per heavy atom. The summed E-state index contributed by atoms with van der Waals surface area (Å²) < 4.78 is 29.4. The summed E-state index contributed by atoms with van der Waals surface area (Å²) in [5.74, 6) is -1.01. The van der Waals surface area contributed by atoms with Gasteiger partial charge in [0.15, 0.2) is 0 Å². The Morgan fingerprint density at radius 3 is 2.11 bits per heavy atom. The molecule has 1 N–H and O–H groups in total. The topological polar surface area (TPSA) is 86.8 Å². The van der Waals surface area contributed by atoms with Crippen LogP contribution in [-0.4, -0.2) is 44.8 Å². The van der Waals surface area contributed by atoms with E-state index in [0.29, 0.717) is 21.2 Å². The maximum absolute atomic E-state index is 14.4. The molecule has 0 spiro atoms. The van der Waals surface area contributed by atoms with Gasteiger partial charge in [0.05, 0.1) is 20.6 Å². The summed E-state index contributed by atoms with van der Waals surface area (Å²) in [5.41, 5.74) is 3.05. The Morgan fingerprint density at radius 1 is 0.795 bits per heavy atom. The molecule has 0 fully saturated rings. The number of hydrogen-bond donors (Lipinski definition) is 1. The highest BCUT2D eigenvalue weighted by atomic mass is 35.5. The minimum Gasteiger partial charge on any atom is -0.357 e. The van der Waals surface area contributed by atoms with E-state index in [1.807, 2.05) is 37.3 Å². The Kier molecular flexibility index (Phi) is 11.0. The van der Waals surface area contributed by atoms with Crippen molar-refractivity contribution >= 4 is 62.3 Å². The van der Waals surface area contributed by atoms with Crippen LogP contribution in [0.5, 0.6) is 0 Å². The molecular formula is C33H32Cl3N3O4S. The average Bonchev–Trinajstić information content (AvgIpc) is 3.01. The average molecular weight is 673 g/mol. The van der Waals surface area contributed by atoms with Gasteiger partial charge < -0.3 is 10.2 Å². The predicted octanol–water partition coefficient (Wildman–Crippen LogP) is 6.85. The minimum absolute atomic E-state index is 0.0124. The molecule has 11 heteroatoms. The van der Waals surface area contributed by atoms with Gasteiger partial charge in [0, 0.05) is 25.0 Å². The quantitative estimate of drug-likeness (QED) is 0.189. The number of rotatable bonds is 11. The Hall–Kier alpha value is -3.56. The molecule has 0 aliphatic carbocycles. The molecule has 0 bridgehead atoms. The molecule has 0 saturated carbocycles. The van der Waals surface area contributed by atoms with Crippen LogP contribution in [0, 0.1) is 13.8 Å². The zero-order valence-electron chi connectivity index (χ0n) is 24.4. The van der Waals surface area contributed by atoms with Gasteiger partial charge in [0.1, 0.15) is 12.6 Å². The zero-order valence-corrected chi connectivity index (χ0v) is 27.5. The maximum atomic E-state index is 14.4. The fraction of sp³-hybridized carbons (Fsp3) is 0.212. The van der Waals surface area contributed by atoms with Gasteiger partial charge in [-0.1, -0.05) is 95.0 Å². The van der Waals surface area contributed by atoms with Crippen molar-refractivity contribution in [1.29, 1.82) is 0 Å². The van der Waals surface area contributed by atoms with E-state index in [4.69, 9.17) is 34.8 Å². The highest BCUT2D eigenvalue weighted by Gasteiger charge is 2.35. The molecule has 0 aromatic heterocycles. The number of halogens is 3. The molecule has 2 amide bonds. The standard InChI is InChI=1S/C33H32Cl3N3O4S/c1-22-12-15-26(16-13-22)44(42,43)39(30-11-7-10-27(34)23(30)2)21-32(40)38(20-25-14-17-28(35)29(36)18-25)31(33(41)37-3)19-24-8-5-4-6-9-24/h4-18,31H,19-21H2,1-3H3,(H,37,41). The molecule has 7 nitrogen and oxygen atoms in total. The molecule has 0 heterocycles. The van der Waals surface area contributed by atoms with Crippen LogP contribution < -0.4 is 9.62 Å². The zero-order chi connectivity index (χ0) is 32.0. The van der Waals surface area contributed by atoms with Gasteiger partial charge in [-0.05, 0) is 66.9 Å². The minimum atomic E-state index is -4.25. The first-order chi connectivity index (χ1) is 20.9. The molecule has 4 aromatic rings. The van der Waals surface area contributed by atoms with Crippen LogP contribution in [0.1, 0.15) is 22.3 Å². The van der Waals surface area contributed by atoms with E-state index >= 15 is 0 Å². The number of carbonyl (C=O) groups is 2. The second-order valence-electron chi connectivity index (χ2n) is 10.3. The number of nitrogens with zero attached hydrogens (tertiary/aromatic N) is 2. The van der Waals surface area contributed by atoms with E-state index in [2.05, 4.69) is 5.32 Å². The second kappa shape index (κ2) is 14.5. The van der Waals surface area contributed by atoms with E-state index < -0.39 is 34.4 Å². The molecule has 230 valence electrons. The molecule has 1 unspecified atom stereocenters. The van der Waals surface area contributed by atoms with Crippen molar-refractivity contribution in [3.63, 3.8) is 0 Å². The fourth-order valence-electron chi connectivity index (χ4n) is 4.77. The van der Waals surface area contributed by atoms with Crippen LogP contribution in [0.3, 0.4) is 0 Å². The van der Waals surface area contributed by atoms with Crippen molar-refractivity contribution in [2.75, 3.05) is 17.9 Å². The van der Waals surface area contributed by atoms with E-state index in [9.17, 15) is 18.0 Å².